The standard InChI is InChI=1S/C20H23N3O2/c1-25-17-8-6-16(7-9-17)22-10-12-23(13-11-22)20(24)19-14-15-4-2-3-5-18(15)21-19/h2-9,19,21H,10-14H2,1H3. The van der Waals surface area contributed by atoms with Crippen molar-refractivity contribution in [3.05, 3.63) is 54.1 Å². The Morgan fingerprint density at radius 2 is 1.76 bits per heavy atom. The predicted octanol–water partition coefficient (Wildman–Crippen LogP) is 2.38. The molecule has 2 aliphatic heterocycles. The van der Waals surface area contributed by atoms with Crippen LogP contribution in [-0.4, -0.2) is 50.1 Å². The summed E-state index contributed by atoms with van der Waals surface area (Å²) in [6.07, 6.45) is 0.785. The van der Waals surface area contributed by atoms with Crippen LogP contribution in [0.4, 0.5) is 11.4 Å². The van der Waals surface area contributed by atoms with Crippen LogP contribution in [0.25, 0.3) is 0 Å². The van der Waals surface area contributed by atoms with E-state index in [-0.39, 0.29) is 11.9 Å². The average Bonchev–Trinajstić information content (AvgIpc) is 3.12. The number of hydrogen-bond donors (Lipinski definition) is 1. The fraction of sp³-hybridized carbons (Fsp3) is 0.350. The van der Waals surface area contributed by atoms with Crippen molar-refractivity contribution in [2.75, 3.05) is 43.5 Å². The molecule has 1 unspecified atom stereocenters. The molecule has 4 rings (SSSR count). The first-order valence-corrected chi connectivity index (χ1v) is 8.77. The first-order valence-electron chi connectivity index (χ1n) is 8.77. The highest BCUT2D eigenvalue weighted by Crippen LogP contribution is 2.27. The molecule has 0 aromatic heterocycles. The number of methoxy groups -OCH3 is 1. The summed E-state index contributed by atoms with van der Waals surface area (Å²) in [7, 11) is 1.68. The van der Waals surface area contributed by atoms with Crippen molar-refractivity contribution in [2.45, 2.75) is 12.5 Å². The summed E-state index contributed by atoms with van der Waals surface area (Å²) in [5.74, 6) is 1.08. The highest BCUT2D eigenvalue weighted by molar-refractivity contribution is 5.87. The van der Waals surface area contributed by atoms with E-state index in [2.05, 4.69) is 28.4 Å². The molecule has 0 saturated carbocycles. The Bertz CT molecular complexity index is 727. The molecule has 0 spiro atoms. The number of carbonyl (C=O) groups excluding carboxylic acids is 1. The van der Waals surface area contributed by atoms with Gasteiger partial charge in [0.1, 0.15) is 11.8 Å². The van der Waals surface area contributed by atoms with E-state index in [0.29, 0.717) is 0 Å². The molecule has 130 valence electrons. The summed E-state index contributed by atoms with van der Waals surface area (Å²) in [6.45, 7) is 3.24. The lowest BCUT2D eigenvalue weighted by Crippen LogP contribution is -2.52. The predicted molar refractivity (Wildman–Crippen MR) is 99.3 cm³/mol. The van der Waals surface area contributed by atoms with Gasteiger partial charge in [0.2, 0.25) is 5.91 Å². The number of fused-ring (bicyclic) bond motifs is 1. The maximum Gasteiger partial charge on any atom is 0.245 e. The molecule has 1 amide bonds. The fourth-order valence-corrected chi connectivity index (χ4v) is 3.65. The molecule has 1 atom stereocenters. The van der Waals surface area contributed by atoms with Gasteiger partial charge in [0.05, 0.1) is 7.11 Å². The lowest BCUT2D eigenvalue weighted by molar-refractivity contribution is -0.132. The molecule has 5 heteroatoms. The van der Waals surface area contributed by atoms with Gasteiger partial charge in [-0.25, -0.2) is 0 Å². The van der Waals surface area contributed by atoms with Gasteiger partial charge in [-0.15, -0.1) is 0 Å². The summed E-state index contributed by atoms with van der Waals surface area (Å²) in [4.78, 5) is 17.1. The average molecular weight is 337 g/mol. The Morgan fingerprint density at radius 1 is 1.04 bits per heavy atom. The van der Waals surface area contributed by atoms with E-state index >= 15 is 0 Å². The number of nitrogens with zero attached hydrogens (tertiary/aromatic N) is 2. The lowest BCUT2D eigenvalue weighted by atomic mass is 10.1. The minimum atomic E-state index is -0.120. The molecule has 1 saturated heterocycles. The van der Waals surface area contributed by atoms with Gasteiger partial charge in [-0.3, -0.25) is 4.79 Å². The van der Waals surface area contributed by atoms with Crippen molar-refractivity contribution in [1.82, 2.24) is 4.90 Å². The zero-order chi connectivity index (χ0) is 17.2. The molecule has 2 heterocycles. The minimum absolute atomic E-state index is 0.120. The van der Waals surface area contributed by atoms with Crippen LogP contribution in [0.3, 0.4) is 0 Å². The Labute approximate surface area is 148 Å². The Morgan fingerprint density at radius 3 is 2.44 bits per heavy atom. The van der Waals surface area contributed by atoms with E-state index in [0.717, 1.165) is 44.0 Å². The molecule has 1 fully saturated rings. The van der Waals surface area contributed by atoms with Gasteiger partial charge in [0, 0.05) is 44.0 Å². The number of rotatable bonds is 3. The number of nitrogens with one attached hydrogen (secondary N) is 1. The second kappa shape index (κ2) is 6.67. The quantitative estimate of drug-likeness (QED) is 0.934. The number of anilines is 2. The summed E-state index contributed by atoms with van der Waals surface area (Å²) >= 11 is 0. The van der Waals surface area contributed by atoms with Crippen LogP contribution in [0.2, 0.25) is 0 Å². The molecule has 25 heavy (non-hydrogen) atoms. The largest absolute Gasteiger partial charge is 0.497 e. The molecule has 2 aromatic carbocycles. The van der Waals surface area contributed by atoms with Crippen LogP contribution in [0.1, 0.15) is 5.56 Å². The number of hydrogen-bond acceptors (Lipinski definition) is 4. The van der Waals surface area contributed by atoms with E-state index in [9.17, 15) is 4.79 Å². The molecule has 0 bridgehead atoms. The molecule has 1 N–H and O–H groups in total. The molecule has 2 aliphatic rings. The van der Waals surface area contributed by atoms with Crippen LogP contribution in [0.5, 0.6) is 5.75 Å². The third kappa shape index (κ3) is 3.14. The number of carbonyl (C=O) groups is 1. The van der Waals surface area contributed by atoms with E-state index in [1.807, 2.05) is 35.2 Å². The number of amides is 1. The zero-order valence-corrected chi connectivity index (χ0v) is 14.4. The van der Waals surface area contributed by atoms with Crippen LogP contribution in [0, 0.1) is 0 Å². The fourth-order valence-electron chi connectivity index (χ4n) is 3.65. The first kappa shape index (κ1) is 15.8. The van der Waals surface area contributed by atoms with Gasteiger partial charge in [0.25, 0.3) is 0 Å². The summed E-state index contributed by atoms with van der Waals surface area (Å²) in [5.41, 5.74) is 3.51. The molecule has 0 radical (unpaired) electrons. The number of piperazine rings is 1. The van der Waals surface area contributed by atoms with Gasteiger partial charge >= 0.3 is 0 Å². The second-order valence-corrected chi connectivity index (χ2v) is 6.57. The second-order valence-electron chi connectivity index (χ2n) is 6.57. The third-order valence-electron chi connectivity index (χ3n) is 5.10. The Kier molecular flexibility index (Phi) is 4.22. The Balaban J connectivity index is 1.35. The van der Waals surface area contributed by atoms with Crippen LogP contribution >= 0.6 is 0 Å². The highest BCUT2D eigenvalue weighted by atomic mass is 16.5. The molecular weight excluding hydrogens is 314 g/mol. The van der Waals surface area contributed by atoms with E-state index < -0.39 is 0 Å². The topological polar surface area (TPSA) is 44.8 Å². The van der Waals surface area contributed by atoms with Crippen molar-refractivity contribution in [3.8, 4) is 5.75 Å². The Hall–Kier alpha value is -2.69. The van der Waals surface area contributed by atoms with Gasteiger partial charge < -0.3 is 19.9 Å². The van der Waals surface area contributed by atoms with Crippen LogP contribution in [0.15, 0.2) is 48.5 Å². The van der Waals surface area contributed by atoms with Crippen molar-refractivity contribution >= 4 is 17.3 Å². The van der Waals surface area contributed by atoms with Crippen LogP contribution in [-0.2, 0) is 11.2 Å². The zero-order valence-electron chi connectivity index (χ0n) is 14.4. The highest BCUT2D eigenvalue weighted by Gasteiger charge is 2.31. The molecular formula is C20H23N3O2. The van der Waals surface area contributed by atoms with Gasteiger partial charge in [0.15, 0.2) is 0 Å². The van der Waals surface area contributed by atoms with E-state index in [4.69, 9.17) is 4.74 Å². The van der Waals surface area contributed by atoms with Crippen molar-refractivity contribution in [2.24, 2.45) is 0 Å². The van der Waals surface area contributed by atoms with Gasteiger partial charge in [-0.05, 0) is 35.9 Å². The van der Waals surface area contributed by atoms with Gasteiger partial charge in [-0.2, -0.15) is 0 Å². The maximum absolute atomic E-state index is 12.8. The molecule has 5 nitrogen and oxygen atoms in total. The molecule has 0 aliphatic carbocycles. The van der Waals surface area contributed by atoms with E-state index in [1.165, 1.54) is 11.3 Å². The minimum Gasteiger partial charge on any atom is -0.497 e. The number of para-hydroxylation sites is 1. The molecule has 2 aromatic rings. The van der Waals surface area contributed by atoms with Crippen LogP contribution < -0.4 is 15.0 Å². The number of benzene rings is 2. The van der Waals surface area contributed by atoms with Gasteiger partial charge in [-0.1, -0.05) is 18.2 Å². The maximum atomic E-state index is 12.8. The van der Waals surface area contributed by atoms with Crippen molar-refractivity contribution in [1.29, 1.82) is 0 Å². The number of ether oxygens (including phenoxy) is 1. The van der Waals surface area contributed by atoms with Crippen molar-refractivity contribution in [3.63, 3.8) is 0 Å². The monoisotopic (exact) mass is 337 g/mol. The normalized spacial score (nSPS) is 19.3. The van der Waals surface area contributed by atoms with Crippen molar-refractivity contribution < 1.29 is 9.53 Å². The first-order chi connectivity index (χ1) is 12.2. The van der Waals surface area contributed by atoms with E-state index in [1.54, 1.807) is 7.11 Å². The summed E-state index contributed by atoms with van der Waals surface area (Å²) < 4.78 is 5.21. The third-order valence-corrected chi connectivity index (χ3v) is 5.10. The summed E-state index contributed by atoms with van der Waals surface area (Å²) in [5, 5.41) is 3.37. The smallest absolute Gasteiger partial charge is 0.245 e. The SMILES string of the molecule is COc1ccc(N2CCN(C(=O)C3Cc4ccccc4N3)CC2)cc1. The lowest BCUT2D eigenvalue weighted by Gasteiger charge is -2.37. The summed E-state index contributed by atoms with van der Waals surface area (Å²) in [6, 6.07) is 16.2.